The van der Waals surface area contributed by atoms with Gasteiger partial charge < -0.3 is 5.73 Å². The second kappa shape index (κ2) is 3.13. The molecule has 0 spiro atoms. The van der Waals surface area contributed by atoms with Crippen molar-refractivity contribution in [2.45, 2.75) is 6.54 Å². The van der Waals surface area contributed by atoms with E-state index in [1.54, 1.807) is 6.07 Å². The van der Waals surface area contributed by atoms with E-state index in [1.165, 1.54) is 0 Å². The van der Waals surface area contributed by atoms with E-state index in [0.29, 0.717) is 12.1 Å². The Morgan fingerprint density at radius 3 is 2.60 bits per heavy atom. The number of hydrogen-bond donors (Lipinski definition) is 1. The summed E-state index contributed by atoms with van der Waals surface area (Å²) in [6.45, 7) is 0.426. The van der Waals surface area contributed by atoms with Crippen LogP contribution in [0.4, 0.5) is 0 Å². The summed E-state index contributed by atoms with van der Waals surface area (Å²) in [5, 5.41) is 0. The molecular formula is C8H9NO. The quantitative estimate of drug-likeness (QED) is 0.614. The summed E-state index contributed by atoms with van der Waals surface area (Å²) in [5.74, 6) is 0. The van der Waals surface area contributed by atoms with Crippen molar-refractivity contribution in [2.75, 3.05) is 0 Å². The fourth-order valence-electron chi connectivity index (χ4n) is 0.835. The summed E-state index contributed by atoms with van der Waals surface area (Å²) < 4.78 is 0. The summed E-state index contributed by atoms with van der Waals surface area (Å²) in [4.78, 5) is 10.3. The van der Waals surface area contributed by atoms with Crippen LogP contribution in [-0.2, 0) is 6.54 Å². The maximum absolute atomic E-state index is 10.3. The van der Waals surface area contributed by atoms with Gasteiger partial charge in [-0.05, 0) is 5.56 Å². The van der Waals surface area contributed by atoms with Crippen molar-refractivity contribution in [2.24, 2.45) is 5.73 Å². The number of hydrogen-bond acceptors (Lipinski definition) is 2. The van der Waals surface area contributed by atoms with E-state index in [9.17, 15) is 4.79 Å². The van der Waals surface area contributed by atoms with Gasteiger partial charge in [0.05, 0.1) is 0 Å². The monoisotopic (exact) mass is 135 g/mol. The summed E-state index contributed by atoms with van der Waals surface area (Å²) in [6, 6.07) is 7.30. The maximum atomic E-state index is 10.3. The molecule has 1 aromatic carbocycles. The Hall–Kier alpha value is -1.15. The van der Waals surface area contributed by atoms with Crippen LogP contribution in [0.3, 0.4) is 0 Å². The van der Waals surface area contributed by atoms with Crippen LogP contribution in [0.15, 0.2) is 24.3 Å². The lowest BCUT2D eigenvalue weighted by molar-refractivity contribution is 0.112. The van der Waals surface area contributed by atoms with Crippen molar-refractivity contribution < 1.29 is 4.79 Å². The van der Waals surface area contributed by atoms with E-state index in [4.69, 9.17) is 5.73 Å². The average molecular weight is 135 g/mol. The first-order chi connectivity index (χ1) is 4.88. The first kappa shape index (κ1) is 6.96. The summed E-state index contributed by atoms with van der Waals surface area (Å²) in [5.41, 5.74) is 6.95. The van der Waals surface area contributed by atoms with Crippen molar-refractivity contribution in [1.29, 1.82) is 0 Å². The van der Waals surface area contributed by atoms with Crippen molar-refractivity contribution in [3.63, 3.8) is 0 Å². The highest BCUT2D eigenvalue weighted by Gasteiger charge is 1.94. The largest absolute Gasteiger partial charge is 0.326 e. The van der Waals surface area contributed by atoms with E-state index in [-0.39, 0.29) is 0 Å². The van der Waals surface area contributed by atoms with Crippen molar-refractivity contribution in [3.8, 4) is 0 Å². The molecule has 0 aromatic heterocycles. The molecule has 0 atom stereocenters. The summed E-state index contributed by atoms with van der Waals surface area (Å²) in [6.07, 6.45) is 0.822. The van der Waals surface area contributed by atoms with Crippen LogP contribution in [0.5, 0.6) is 0 Å². The van der Waals surface area contributed by atoms with Crippen molar-refractivity contribution in [3.05, 3.63) is 35.4 Å². The van der Waals surface area contributed by atoms with Gasteiger partial charge in [0.25, 0.3) is 0 Å². The smallest absolute Gasteiger partial charge is 0.150 e. The Kier molecular flexibility index (Phi) is 2.18. The minimum absolute atomic E-state index is 0.426. The van der Waals surface area contributed by atoms with E-state index < -0.39 is 0 Å². The molecule has 10 heavy (non-hydrogen) atoms. The van der Waals surface area contributed by atoms with Gasteiger partial charge in [-0.25, -0.2) is 0 Å². The van der Waals surface area contributed by atoms with Crippen LogP contribution in [-0.4, -0.2) is 6.29 Å². The van der Waals surface area contributed by atoms with E-state index in [0.717, 1.165) is 11.8 Å². The SMILES string of the molecule is NCc1ccccc1C=O. The van der Waals surface area contributed by atoms with Gasteiger partial charge in [0.15, 0.2) is 0 Å². The Bertz CT molecular complexity index is 232. The number of aldehydes is 1. The van der Waals surface area contributed by atoms with Gasteiger partial charge in [-0.15, -0.1) is 0 Å². The van der Waals surface area contributed by atoms with E-state index >= 15 is 0 Å². The first-order valence-electron chi connectivity index (χ1n) is 3.11. The zero-order valence-electron chi connectivity index (χ0n) is 5.58. The molecule has 0 fully saturated rings. The predicted octanol–water partition coefficient (Wildman–Crippen LogP) is 0.958. The van der Waals surface area contributed by atoms with Gasteiger partial charge in [0, 0.05) is 12.1 Å². The van der Waals surface area contributed by atoms with Crippen LogP contribution in [0.2, 0.25) is 0 Å². The number of carbonyl (C=O) groups excluding carboxylic acids is 1. The molecule has 1 rings (SSSR count). The average Bonchev–Trinajstić information content (AvgIpc) is 2.04. The zero-order valence-corrected chi connectivity index (χ0v) is 5.58. The molecular weight excluding hydrogens is 126 g/mol. The maximum Gasteiger partial charge on any atom is 0.150 e. The molecule has 0 aliphatic heterocycles. The van der Waals surface area contributed by atoms with E-state index in [1.807, 2.05) is 18.2 Å². The van der Waals surface area contributed by atoms with Gasteiger partial charge >= 0.3 is 0 Å². The third-order valence-electron chi connectivity index (χ3n) is 1.40. The van der Waals surface area contributed by atoms with Gasteiger partial charge in [0.2, 0.25) is 0 Å². The molecule has 0 saturated carbocycles. The van der Waals surface area contributed by atoms with Crippen LogP contribution < -0.4 is 5.73 Å². The molecule has 0 aliphatic rings. The predicted molar refractivity (Wildman–Crippen MR) is 39.7 cm³/mol. The molecule has 52 valence electrons. The van der Waals surface area contributed by atoms with Gasteiger partial charge in [-0.2, -0.15) is 0 Å². The molecule has 0 bridgehead atoms. The molecule has 0 amide bonds. The molecule has 2 N–H and O–H groups in total. The van der Waals surface area contributed by atoms with E-state index in [2.05, 4.69) is 0 Å². The number of nitrogens with two attached hydrogens (primary N) is 1. The number of benzene rings is 1. The Labute approximate surface area is 59.7 Å². The van der Waals surface area contributed by atoms with Crippen LogP contribution >= 0.6 is 0 Å². The summed E-state index contributed by atoms with van der Waals surface area (Å²) >= 11 is 0. The Balaban J connectivity index is 3.08. The van der Waals surface area contributed by atoms with Crippen LogP contribution in [0.1, 0.15) is 15.9 Å². The highest BCUT2D eigenvalue weighted by Crippen LogP contribution is 2.03. The molecule has 2 nitrogen and oxygen atoms in total. The van der Waals surface area contributed by atoms with Crippen molar-refractivity contribution in [1.82, 2.24) is 0 Å². The number of rotatable bonds is 2. The second-order valence-electron chi connectivity index (χ2n) is 2.02. The second-order valence-corrected chi connectivity index (χ2v) is 2.02. The fraction of sp³-hybridized carbons (Fsp3) is 0.125. The van der Waals surface area contributed by atoms with Crippen LogP contribution in [0, 0.1) is 0 Å². The topological polar surface area (TPSA) is 43.1 Å². The molecule has 0 unspecified atom stereocenters. The highest BCUT2D eigenvalue weighted by atomic mass is 16.1. The van der Waals surface area contributed by atoms with Gasteiger partial charge in [-0.3, -0.25) is 4.79 Å². The highest BCUT2D eigenvalue weighted by molar-refractivity contribution is 5.77. The molecule has 0 heterocycles. The molecule has 0 saturated heterocycles. The summed E-state index contributed by atoms with van der Waals surface area (Å²) in [7, 11) is 0. The first-order valence-corrected chi connectivity index (χ1v) is 3.11. The Morgan fingerprint density at radius 1 is 1.40 bits per heavy atom. The van der Waals surface area contributed by atoms with Crippen molar-refractivity contribution >= 4 is 6.29 Å². The zero-order chi connectivity index (χ0) is 7.40. The number of carbonyl (C=O) groups is 1. The lowest BCUT2D eigenvalue weighted by Crippen LogP contribution is -1.99. The normalized spacial score (nSPS) is 9.30. The third kappa shape index (κ3) is 1.22. The fourth-order valence-corrected chi connectivity index (χ4v) is 0.835. The van der Waals surface area contributed by atoms with Gasteiger partial charge in [0.1, 0.15) is 6.29 Å². The third-order valence-corrected chi connectivity index (χ3v) is 1.40. The molecule has 0 radical (unpaired) electrons. The molecule has 2 heteroatoms. The Morgan fingerprint density at radius 2 is 2.10 bits per heavy atom. The lowest BCUT2D eigenvalue weighted by atomic mass is 10.1. The molecule has 1 aromatic rings. The van der Waals surface area contributed by atoms with Gasteiger partial charge in [-0.1, -0.05) is 24.3 Å². The minimum atomic E-state index is 0.426. The standard InChI is InChI=1S/C8H9NO/c9-5-7-3-1-2-4-8(7)6-10/h1-4,6H,5,9H2. The molecule has 0 aliphatic carbocycles. The minimum Gasteiger partial charge on any atom is -0.326 e. The lowest BCUT2D eigenvalue weighted by Gasteiger charge is -1.97. The van der Waals surface area contributed by atoms with Crippen LogP contribution in [0.25, 0.3) is 0 Å².